The quantitative estimate of drug-likeness (QED) is 0.537. The molecular weight excluding hydrogens is 100 g/mol. The van der Waals surface area contributed by atoms with Crippen molar-refractivity contribution in [2.75, 3.05) is 0 Å². The van der Waals surface area contributed by atoms with Gasteiger partial charge in [-0.05, 0) is 13.3 Å². The Morgan fingerprint density at radius 1 is 1.75 bits per heavy atom. The molecule has 0 aliphatic carbocycles. The van der Waals surface area contributed by atoms with Crippen LogP contribution < -0.4 is 5.73 Å². The predicted molar refractivity (Wildman–Crippen MR) is 36.7 cm³/mol. The van der Waals surface area contributed by atoms with Crippen molar-refractivity contribution >= 4 is 6.21 Å². The molecule has 2 N–H and O–H groups in total. The third-order valence-electron chi connectivity index (χ3n) is 0.566. The van der Waals surface area contributed by atoms with Crippen molar-refractivity contribution in [1.82, 2.24) is 0 Å². The van der Waals surface area contributed by atoms with Crippen molar-refractivity contribution in [3.05, 3.63) is 11.9 Å². The zero-order valence-corrected chi connectivity index (χ0v) is 5.39. The van der Waals surface area contributed by atoms with Gasteiger partial charge in [0.15, 0.2) is 0 Å². The van der Waals surface area contributed by atoms with E-state index in [4.69, 9.17) is 5.73 Å². The molecule has 0 unspecified atom stereocenters. The number of hydrogen-bond donors (Lipinski definition) is 1. The van der Waals surface area contributed by atoms with Crippen molar-refractivity contribution in [2.45, 2.75) is 20.3 Å². The van der Waals surface area contributed by atoms with Crippen molar-refractivity contribution in [3.8, 4) is 0 Å². The minimum Gasteiger partial charge on any atom is -0.401 e. The molecule has 0 amide bonds. The topological polar surface area (TPSA) is 38.4 Å². The van der Waals surface area contributed by atoms with E-state index in [0.29, 0.717) is 0 Å². The molecule has 2 heteroatoms. The molecule has 0 heterocycles. The fourth-order valence-corrected chi connectivity index (χ4v) is 0.276. The van der Waals surface area contributed by atoms with E-state index in [1.165, 1.54) is 0 Å². The molecule has 0 aliphatic rings. The van der Waals surface area contributed by atoms with Gasteiger partial charge in [-0.25, -0.2) is 0 Å². The van der Waals surface area contributed by atoms with Crippen LogP contribution in [0.25, 0.3) is 0 Å². The zero-order chi connectivity index (χ0) is 6.41. The van der Waals surface area contributed by atoms with Crippen LogP contribution in [0.2, 0.25) is 0 Å². The third-order valence-corrected chi connectivity index (χ3v) is 0.566. The Labute approximate surface area is 50.1 Å². The molecule has 0 atom stereocenters. The maximum Gasteiger partial charge on any atom is 0.0448 e. The van der Waals surface area contributed by atoms with E-state index in [1.807, 2.05) is 20.1 Å². The molecule has 0 fully saturated rings. The summed E-state index contributed by atoms with van der Waals surface area (Å²) in [5.41, 5.74) is 6.03. The lowest BCUT2D eigenvalue weighted by atomic mass is 10.5. The molecule has 8 heavy (non-hydrogen) atoms. The molecule has 0 saturated heterocycles. The highest BCUT2D eigenvalue weighted by molar-refractivity contribution is 5.57. The first-order chi connectivity index (χ1) is 3.77. The smallest absolute Gasteiger partial charge is 0.0448 e. The molecule has 0 aromatic carbocycles. The first kappa shape index (κ1) is 7.21. The molecule has 2 nitrogen and oxygen atoms in total. The summed E-state index contributed by atoms with van der Waals surface area (Å²) in [6, 6.07) is 0. The van der Waals surface area contributed by atoms with E-state index in [0.717, 1.165) is 12.1 Å². The number of nitrogens with zero attached hydrogens (tertiary/aromatic N) is 1. The number of hydrogen-bond acceptors (Lipinski definition) is 2. The van der Waals surface area contributed by atoms with Crippen LogP contribution in [-0.2, 0) is 0 Å². The summed E-state index contributed by atoms with van der Waals surface area (Å²) in [5.74, 6) is 0. The lowest BCUT2D eigenvalue weighted by Crippen LogP contribution is -1.87. The Hall–Kier alpha value is -0.790. The summed E-state index contributed by atoms with van der Waals surface area (Å²) in [6.45, 7) is 3.84. The molecular formula is C6H12N2. The second kappa shape index (κ2) is 4.37. The van der Waals surface area contributed by atoms with Crippen molar-refractivity contribution in [1.29, 1.82) is 0 Å². The van der Waals surface area contributed by atoms with Gasteiger partial charge in [-0.15, -0.1) is 0 Å². The first-order valence-corrected chi connectivity index (χ1v) is 2.71. The minimum atomic E-state index is 0.745. The summed E-state index contributed by atoms with van der Waals surface area (Å²) in [5, 5.41) is 0. The number of nitrogens with two attached hydrogens (primary N) is 1. The second-order valence-electron chi connectivity index (χ2n) is 1.61. The maximum absolute atomic E-state index is 5.28. The van der Waals surface area contributed by atoms with Gasteiger partial charge in [-0.1, -0.05) is 6.92 Å². The Morgan fingerprint density at radius 2 is 2.38 bits per heavy atom. The summed E-state index contributed by atoms with van der Waals surface area (Å²) in [6.07, 6.45) is 4.42. The molecule has 0 aromatic rings. The molecule has 46 valence electrons. The van der Waals surface area contributed by atoms with E-state index in [2.05, 4.69) is 4.99 Å². The first-order valence-electron chi connectivity index (χ1n) is 2.71. The minimum absolute atomic E-state index is 0.745. The SMILES string of the molecule is CCC=N/C=C(/C)N. The second-order valence-corrected chi connectivity index (χ2v) is 1.61. The fourth-order valence-electron chi connectivity index (χ4n) is 0.276. The average Bonchev–Trinajstić information content (AvgIpc) is 1.66. The number of rotatable bonds is 2. The fraction of sp³-hybridized carbons (Fsp3) is 0.500. The van der Waals surface area contributed by atoms with Crippen LogP contribution in [-0.4, -0.2) is 6.21 Å². The van der Waals surface area contributed by atoms with Crippen LogP contribution in [0.1, 0.15) is 20.3 Å². The molecule has 0 saturated carbocycles. The van der Waals surface area contributed by atoms with Crippen LogP contribution >= 0.6 is 0 Å². The average molecular weight is 112 g/mol. The van der Waals surface area contributed by atoms with E-state index < -0.39 is 0 Å². The van der Waals surface area contributed by atoms with Crippen LogP contribution in [0.15, 0.2) is 16.9 Å². The molecule has 0 aromatic heterocycles. The molecule has 0 rings (SSSR count). The highest BCUT2D eigenvalue weighted by atomic mass is 14.7. The Morgan fingerprint density at radius 3 is 2.75 bits per heavy atom. The van der Waals surface area contributed by atoms with Crippen molar-refractivity contribution in [3.63, 3.8) is 0 Å². The van der Waals surface area contributed by atoms with E-state index in [1.54, 1.807) is 6.20 Å². The molecule has 0 spiro atoms. The van der Waals surface area contributed by atoms with E-state index >= 15 is 0 Å². The van der Waals surface area contributed by atoms with Crippen LogP contribution in [0, 0.1) is 0 Å². The molecule has 0 radical (unpaired) electrons. The maximum atomic E-state index is 5.28. The third kappa shape index (κ3) is 5.21. The summed E-state index contributed by atoms with van der Waals surface area (Å²) < 4.78 is 0. The zero-order valence-electron chi connectivity index (χ0n) is 5.39. The van der Waals surface area contributed by atoms with Crippen molar-refractivity contribution < 1.29 is 0 Å². The van der Waals surface area contributed by atoms with Gasteiger partial charge in [0.05, 0.1) is 0 Å². The summed E-state index contributed by atoms with van der Waals surface area (Å²) in [4.78, 5) is 3.88. The predicted octanol–water partition coefficient (Wildman–Crippen LogP) is 1.29. The van der Waals surface area contributed by atoms with Gasteiger partial charge in [-0.2, -0.15) is 0 Å². The Balaban J connectivity index is 3.42. The van der Waals surface area contributed by atoms with Gasteiger partial charge in [0, 0.05) is 18.1 Å². The van der Waals surface area contributed by atoms with E-state index in [9.17, 15) is 0 Å². The van der Waals surface area contributed by atoms with Gasteiger partial charge in [-0.3, -0.25) is 4.99 Å². The Kier molecular flexibility index (Phi) is 3.94. The van der Waals surface area contributed by atoms with E-state index in [-0.39, 0.29) is 0 Å². The van der Waals surface area contributed by atoms with Crippen LogP contribution in [0.5, 0.6) is 0 Å². The molecule has 0 bridgehead atoms. The monoisotopic (exact) mass is 112 g/mol. The number of aliphatic imine (C=N–C) groups is 1. The highest BCUT2D eigenvalue weighted by Gasteiger charge is 1.68. The van der Waals surface area contributed by atoms with Crippen LogP contribution in [0.4, 0.5) is 0 Å². The lowest BCUT2D eigenvalue weighted by molar-refractivity contribution is 1.26. The summed E-state index contributed by atoms with van der Waals surface area (Å²) >= 11 is 0. The van der Waals surface area contributed by atoms with Gasteiger partial charge >= 0.3 is 0 Å². The van der Waals surface area contributed by atoms with Gasteiger partial charge in [0.25, 0.3) is 0 Å². The van der Waals surface area contributed by atoms with Crippen LogP contribution in [0.3, 0.4) is 0 Å². The highest BCUT2D eigenvalue weighted by Crippen LogP contribution is 1.79. The standard InChI is InChI=1S/C6H12N2/c1-3-4-8-5-6(2)7/h4-5H,3,7H2,1-2H3/b6-5-,8-4?. The summed E-state index contributed by atoms with van der Waals surface area (Å²) in [7, 11) is 0. The Bertz CT molecular complexity index is 99.1. The van der Waals surface area contributed by atoms with Gasteiger partial charge in [0.1, 0.15) is 0 Å². The normalized spacial score (nSPS) is 13.0. The lowest BCUT2D eigenvalue weighted by Gasteiger charge is -1.81. The number of allylic oxidation sites excluding steroid dienone is 1. The van der Waals surface area contributed by atoms with Gasteiger partial charge in [0.2, 0.25) is 0 Å². The largest absolute Gasteiger partial charge is 0.401 e. The molecule has 0 aliphatic heterocycles. The van der Waals surface area contributed by atoms with Gasteiger partial charge < -0.3 is 5.73 Å². The van der Waals surface area contributed by atoms with Crippen molar-refractivity contribution in [2.24, 2.45) is 10.7 Å².